The van der Waals surface area contributed by atoms with E-state index in [0.29, 0.717) is 16.6 Å². The molecule has 0 aliphatic rings. The number of nitrogens with two attached hydrogens (primary N) is 2. The van der Waals surface area contributed by atoms with Crippen LogP contribution in [0.1, 0.15) is 5.56 Å². The van der Waals surface area contributed by atoms with Crippen LogP contribution in [0.25, 0.3) is 22.4 Å². The van der Waals surface area contributed by atoms with E-state index >= 15 is 0 Å². The second-order valence-electron chi connectivity index (χ2n) is 7.31. The number of nitrogens with zero attached hydrogens (tertiary/aromatic N) is 7. The van der Waals surface area contributed by atoms with Gasteiger partial charge in [0.25, 0.3) is 0 Å². The summed E-state index contributed by atoms with van der Waals surface area (Å²) in [5.41, 5.74) is 13.6. The molecule has 0 aliphatic heterocycles. The molecule has 3 aromatic heterocycles. The highest BCUT2D eigenvalue weighted by atomic mass is 19.1. The molecule has 0 fully saturated rings. The number of aromatic nitrogens is 5. The number of nitrogen functional groups attached to an aromatic ring is 2. The maximum atomic E-state index is 14.8. The van der Waals surface area contributed by atoms with Gasteiger partial charge in [0.1, 0.15) is 22.8 Å². The Morgan fingerprint density at radius 2 is 1.62 bits per heavy atom. The Labute approximate surface area is 191 Å². The molecule has 5 rings (SSSR count). The van der Waals surface area contributed by atoms with Gasteiger partial charge in [-0.3, -0.25) is 9.67 Å². The average Bonchev–Trinajstić information content (AvgIpc) is 3.20. The molecule has 0 atom stereocenters. The Kier molecular flexibility index (Phi) is 5.34. The van der Waals surface area contributed by atoms with Crippen LogP contribution in [0.4, 0.5) is 31.8 Å². The third kappa shape index (κ3) is 3.90. The summed E-state index contributed by atoms with van der Waals surface area (Å²) < 4.78 is 30.3. The van der Waals surface area contributed by atoms with Crippen molar-refractivity contribution < 1.29 is 8.78 Å². The van der Waals surface area contributed by atoms with E-state index in [1.165, 1.54) is 29.1 Å². The Hall–Kier alpha value is -4.80. The quantitative estimate of drug-likeness (QED) is 0.364. The topological polar surface area (TPSA) is 133 Å². The minimum absolute atomic E-state index is 0.0125. The van der Waals surface area contributed by atoms with Gasteiger partial charge in [-0.1, -0.05) is 30.3 Å². The highest BCUT2D eigenvalue weighted by Crippen LogP contribution is 2.34. The molecule has 0 radical (unpaired) electrons. The summed E-state index contributed by atoms with van der Waals surface area (Å²) in [6.45, 7) is -0.0277. The van der Waals surface area contributed by atoms with Gasteiger partial charge in [-0.05, 0) is 24.3 Å². The highest BCUT2D eigenvalue weighted by Gasteiger charge is 2.21. The summed E-state index contributed by atoms with van der Waals surface area (Å²) in [5, 5.41) is 13.1. The van der Waals surface area contributed by atoms with Gasteiger partial charge in [-0.15, -0.1) is 5.11 Å². The lowest BCUT2D eigenvalue weighted by molar-refractivity contribution is 0.577. The molecule has 2 aromatic carbocycles. The van der Waals surface area contributed by atoms with Crippen molar-refractivity contribution in [2.24, 2.45) is 10.2 Å². The summed E-state index contributed by atoms with van der Waals surface area (Å²) in [6, 6.07) is 15.0. The molecule has 0 amide bonds. The van der Waals surface area contributed by atoms with Crippen LogP contribution in [0, 0.1) is 11.6 Å². The summed E-state index contributed by atoms with van der Waals surface area (Å²) in [5.74, 6) is -0.997. The number of rotatable bonds is 5. The largest absolute Gasteiger partial charge is 0.382 e. The van der Waals surface area contributed by atoms with Gasteiger partial charge >= 0.3 is 0 Å². The molecule has 9 nitrogen and oxygen atoms in total. The van der Waals surface area contributed by atoms with Gasteiger partial charge in [-0.25, -0.2) is 18.7 Å². The first kappa shape index (κ1) is 21.1. The molecule has 0 spiro atoms. The van der Waals surface area contributed by atoms with Crippen LogP contribution in [-0.4, -0.2) is 24.7 Å². The summed E-state index contributed by atoms with van der Waals surface area (Å²) in [4.78, 5) is 12.3. The van der Waals surface area contributed by atoms with E-state index in [2.05, 4.69) is 30.3 Å². The first-order valence-electron chi connectivity index (χ1n) is 10.1. The lowest BCUT2D eigenvalue weighted by Gasteiger charge is -2.05. The molecule has 34 heavy (non-hydrogen) atoms. The summed E-state index contributed by atoms with van der Waals surface area (Å²) >= 11 is 0. The third-order valence-electron chi connectivity index (χ3n) is 5.07. The van der Waals surface area contributed by atoms with Crippen molar-refractivity contribution in [1.29, 1.82) is 0 Å². The molecule has 11 heteroatoms. The van der Waals surface area contributed by atoms with E-state index in [9.17, 15) is 8.78 Å². The smallest absolute Gasteiger partial charge is 0.184 e. The predicted molar refractivity (Wildman–Crippen MR) is 123 cm³/mol. The molecular weight excluding hydrogens is 440 g/mol. The maximum Gasteiger partial charge on any atom is 0.184 e. The molecule has 3 heterocycles. The van der Waals surface area contributed by atoms with Gasteiger partial charge < -0.3 is 11.5 Å². The molecule has 4 N–H and O–H groups in total. The van der Waals surface area contributed by atoms with E-state index in [1.807, 2.05) is 18.2 Å². The van der Waals surface area contributed by atoms with Crippen LogP contribution < -0.4 is 11.5 Å². The fourth-order valence-electron chi connectivity index (χ4n) is 3.47. The molecular formula is C23H17F2N9. The maximum absolute atomic E-state index is 14.8. The average molecular weight is 457 g/mol. The van der Waals surface area contributed by atoms with Crippen molar-refractivity contribution in [1.82, 2.24) is 24.7 Å². The van der Waals surface area contributed by atoms with Crippen molar-refractivity contribution in [2.45, 2.75) is 6.54 Å². The van der Waals surface area contributed by atoms with Crippen LogP contribution in [0.2, 0.25) is 0 Å². The van der Waals surface area contributed by atoms with E-state index < -0.39 is 11.6 Å². The molecule has 0 unspecified atom stereocenters. The number of hydrogen-bond donors (Lipinski definition) is 2. The Balaban J connectivity index is 1.59. The van der Waals surface area contributed by atoms with Crippen LogP contribution in [0.3, 0.4) is 0 Å². The number of fused-ring (bicyclic) bond motifs is 1. The van der Waals surface area contributed by atoms with Crippen molar-refractivity contribution in [3.63, 3.8) is 0 Å². The number of pyridine rings is 1. The number of anilines is 2. The normalized spacial score (nSPS) is 11.5. The second kappa shape index (κ2) is 8.62. The molecule has 0 saturated carbocycles. The first-order valence-corrected chi connectivity index (χ1v) is 10.1. The highest BCUT2D eigenvalue weighted by molar-refractivity contribution is 5.93. The Morgan fingerprint density at radius 3 is 2.35 bits per heavy atom. The summed E-state index contributed by atoms with van der Waals surface area (Å²) in [6.07, 6.45) is 2.54. The Bertz CT molecular complexity index is 1510. The molecule has 0 saturated heterocycles. The van der Waals surface area contributed by atoms with Crippen LogP contribution in [-0.2, 0) is 6.54 Å². The first-order chi connectivity index (χ1) is 16.5. The van der Waals surface area contributed by atoms with Crippen molar-refractivity contribution in [3.05, 3.63) is 84.2 Å². The standard InChI is InChI=1S/C23H17F2N9/c24-16-8-4-7-15-18(33-34(20(15)16)12-13-9-10-28-11-17(13)25)23-29-21(26)19(22(27)30-23)32-31-14-5-2-1-3-6-14/h1-11H,12H2,(H4,26,27,29,30). The van der Waals surface area contributed by atoms with Crippen molar-refractivity contribution in [2.75, 3.05) is 11.5 Å². The minimum Gasteiger partial charge on any atom is -0.382 e. The van der Waals surface area contributed by atoms with Gasteiger partial charge in [0.05, 0.1) is 18.4 Å². The zero-order chi connectivity index (χ0) is 23.7. The predicted octanol–water partition coefficient (Wildman–Crippen LogP) is 4.79. The number of hydrogen-bond acceptors (Lipinski definition) is 8. The number of azo groups is 1. The number of para-hydroxylation sites is 1. The monoisotopic (exact) mass is 457 g/mol. The second-order valence-corrected chi connectivity index (χ2v) is 7.31. The van der Waals surface area contributed by atoms with Gasteiger partial charge in [0, 0.05) is 17.1 Å². The fourth-order valence-corrected chi connectivity index (χ4v) is 3.47. The Morgan fingerprint density at radius 1 is 0.853 bits per heavy atom. The third-order valence-corrected chi connectivity index (χ3v) is 5.07. The molecule has 0 aliphatic carbocycles. The lowest BCUT2D eigenvalue weighted by Crippen LogP contribution is -2.06. The van der Waals surface area contributed by atoms with Gasteiger partial charge in [0.2, 0.25) is 0 Å². The van der Waals surface area contributed by atoms with E-state index in [4.69, 9.17) is 11.5 Å². The molecule has 5 aromatic rings. The van der Waals surface area contributed by atoms with E-state index in [1.54, 1.807) is 18.2 Å². The lowest BCUT2D eigenvalue weighted by atomic mass is 10.2. The van der Waals surface area contributed by atoms with Gasteiger partial charge in [-0.2, -0.15) is 10.2 Å². The zero-order valence-corrected chi connectivity index (χ0v) is 17.6. The van der Waals surface area contributed by atoms with Gasteiger partial charge in [0.15, 0.2) is 23.1 Å². The number of benzene rings is 2. The van der Waals surface area contributed by atoms with Crippen LogP contribution in [0.15, 0.2) is 77.2 Å². The zero-order valence-electron chi connectivity index (χ0n) is 17.6. The van der Waals surface area contributed by atoms with Crippen molar-refractivity contribution in [3.8, 4) is 11.5 Å². The number of halogens is 2. The molecule has 0 bridgehead atoms. The molecule has 168 valence electrons. The van der Waals surface area contributed by atoms with E-state index in [-0.39, 0.29) is 40.9 Å². The SMILES string of the molecule is Nc1nc(-c2nn(Cc3ccncc3F)c3c(F)cccc23)nc(N)c1N=Nc1ccccc1. The van der Waals surface area contributed by atoms with Crippen molar-refractivity contribution >= 4 is 33.9 Å². The van der Waals surface area contributed by atoms with E-state index in [0.717, 1.165) is 6.20 Å². The van der Waals surface area contributed by atoms with Crippen LogP contribution >= 0.6 is 0 Å². The fraction of sp³-hybridized carbons (Fsp3) is 0.0435. The minimum atomic E-state index is -0.528. The summed E-state index contributed by atoms with van der Waals surface area (Å²) in [7, 11) is 0. The van der Waals surface area contributed by atoms with Crippen LogP contribution in [0.5, 0.6) is 0 Å².